The Balaban J connectivity index is 3.10. The molecule has 88 valence electrons. The highest BCUT2D eigenvalue weighted by Gasteiger charge is 2.13. The zero-order valence-corrected chi connectivity index (χ0v) is 10.1. The number of hydrogen-bond donors (Lipinski definition) is 0. The fourth-order valence-electron chi connectivity index (χ4n) is 1.21. The van der Waals surface area contributed by atoms with Crippen molar-refractivity contribution in [1.82, 2.24) is 0 Å². The van der Waals surface area contributed by atoms with Crippen LogP contribution in [0.5, 0.6) is 11.5 Å². The van der Waals surface area contributed by atoms with Crippen molar-refractivity contribution in [3.8, 4) is 11.5 Å². The molecule has 0 unspecified atom stereocenters. The SMILES string of the molecule is COCOc1cc(OC)c(C(C)=O)cc1Cl. The molecular formula is C11H13ClO4. The fraction of sp³-hybridized carbons (Fsp3) is 0.364. The van der Waals surface area contributed by atoms with Crippen LogP contribution in [-0.2, 0) is 4.74 Å². The first-order valence-corrected chi connectivity index (χ1v) is 4.98. The van der Waals surface area contributed by atoms with Gasteiger partial charge in [-0.25, -0.2) is 0 Å². The van der Waals surface area contributed by atoms with Gasteiger partial charge < -0.3 is 14.2 Å². The van der Waals surface area contributed by atoms with Gasteiger partial charge >= 0.3 is 0 Å². The third-order valence-electron chi connectivity index (χ3n) is 1.97. The molecule has 0 radical (unpaired) electrons. The van der Waals surface area contributed by atoms with Crippen LogP contribution in [0.4, 0.5) is 0 Å². The summed E-state index contributed by atoms with van der Waals surface area (Å²) in [5.74, 6) is 0.741. The molecule has 1 aromatic rings. The molecular weight excluding hydrogens is 232 g/mol. The average molecular weight is 245 g/mol. The Morgan fingerprint density at radius 3 is 2.50 bits per heavy atom. The van der Waals surface area contributed by atoms with Crippen molar-refractivity contribution in [3.05, 3.63) is 22.7 Å². The Morgan fingerprint density at radius 1 is 1.31 bits per heavy atom. The second-order valence-electron chi connectivity index (χ2n) is 3.09. The van der Waals surface area contributed by atoms with Crippen molar-refractivity contribution in [2.24, 2.45) is 0 Å². The molecule has 0 fully saturated rings. The van der Waals surface area contributed by atoms with E-state index in [1.54, 1.807) is 6.07 Å². The van der Waals surface area contributed by atoms with E-state index in [1.165, 1.54) is 27.2 Å². The molecule has 0 N–H and O–H groups in total. The molecule has 0 spiro atoms. The van der Waals surface area contributed by atoms with Gasteiger partial charge in [0.25, 0.3) is 0 Å². The molecule has 0 atom stereocenters. The van der Waals surface area contributed by atoms with E-state index in [9.17, 15) is 4.79 Å². The molecule has 0 aromatic heterocycles. The number of carbonyl (C=O) groups excluding carboxylic acids is 1. The van der Waals surface area contributed by atoms with Gasteiger partial charge in [-0.3, -0.25) is 4.79 Å². The van der Waals surface area contributed by atoms with Crippen LogP contribution in [0.3, 0.4) is 0 Å². The van der Waals surface area contributed by atoms with E-state index in [-0.39, 0.29) is 12.6 Å². The van der Waals surface area contributed by atoms with Crippen molar-refractivity contribution in [2.75, 3.05) is 21.0 Å². The Hall–Kier alpha value is -1.26. The van der Waals surface area contributed by atoms with Crippen LogP contribution in [0.15, 0.2) is 12.1 Å². The van der Waals surface area contributed by atoms with Gasteiger partial charge in [-0.1, -0.05) is 11.6 Å². The summed E-state index contributed by atoms with van der Waals surface area (Å²) in [5, 5.41) is 0.350. The monoisotopic (exact) mass is 244 g/mol. The predicted octanol–water partition coefficient (Wildman–Crippen LogP) is 2.53. The van der Waals surface area contributed by atoms with Crippen LogP contribution in [0.25, 0.3) is 0 Å². The maximum absolute atomic E-state index is 11.3. The summed E-state index contributed by atoms with van der Waals surface area (Å²) in [4.78, 5) is 11.3. The van der Waals surface area contributed by atoms with Gasteiger partial charge in [0, 0.05) is 13.2 Å². The molecule has 0 aliphatic carbocycles. The van der Waals surface area contributed by atoms with Gasteiger partial charge in [-0.05, 0) is 13.0 Å². The normalized spacial score (nSPS) is 10.0. The van der Waals surface area contributed by atoms with E-state index in [2.05, 4.69) is 0 Å². The largest absolute Gasteiger partial charge is 0.496 e. The van der Waals surface area contributed by atoms with E-state index in [4.69, 9.17) is 25.8 Å². The first-order chi connectivity index (χ1) is 7.60. The van der Waals surface area contributed by atoms with Crippen molar-refractivity contribution >= 4 is 17.4 Å². The van der Waals surface area contributed by atoms with E-state index in [0.29, 0.717) is 22.1 Å². The summed E-state index contributed by atoms with van der Waals surface area (Å²) in [7, 11) is 2.99. The van der Waals surface area contributed by atoms with Crippen molar-refractivity contribution in [2.45, 2.75) is 6.92 Å². The topological polar surface area (TPSA) is 44.8 Å². The average Bonchev–Trinajstić information content (AvgIpc) is 2.26. The minimum Gasteiger partial charge on any atom is -0.496 e. The second kappa shape index (κ2) is 5.72. The van der Waals surface area contributed by atoms with E-state index in [0.717, 1.165) is 0 Å². The molecule has 1 aromatic carbocycles. The fourth-order valence-corrected chi connectivity index (χ4v) is 1.43. The van der Waals surface area contributed by atoms with Crippen LogP contribution in [0.2, 0.25) is 5.02 Å². The van der Waals surface area contributed by atoms with Crippen molar-refractivity contribution < 1.29 is 19.0 Å². The van der Waals surface area contributed by atoms with Crippen LogP contribution < -0.4 is 9.47 Å². The zero-order valence-electron chi connectivity index (χ0n) is 9.37. The lowest BCUT2D eigenvalue weighted by Gasteiger charge is -2.11. The summed E-state index contributed by atoms with van der Waals surface area (Å²) < 4.78 is 15.1. The van der Waals surface area contributed by atoms with Gasteiger partial charge in [0.2, 0.25) is 0 Å². The summed E-state index contributed by atoms with van der Waals surface area (Å²) in [6.07, 6.45) is 0. The molecule has 0 saturated carbocycles. The number of hydrogen-bond acceptors (Lipinski definition) is 4. The maximum atomic E-state index is 11.3. The molecule has 0 saturated heterocycles. The molecule has 4 nitrogen and oxygen atoms in total. The van der Waals surface area contributed by atoms with Crippen molar-refractivity contribution in [1.29, 1.82) is 0 Å². The number of Topliss-reactive ketones (excluding diaryl/α,β-unsaturated/α-hetero) is 1. The highest BCUT2D eigenvalue weighted by atomic mass is 35.5. The van der Waals surface area contributed by atoms with Crippen LogP contribution in [0, 0.1) is 0 Å². The van der Waals surface area contributed by atoms with Gasteiger partial charge in [-0.2, -0.15) is 0 Å². The number of halogens is 1. The van der Waals surface area contributed by atoms with E-state index < -0.39 is 0 Å². The lowest BCUT2D eigenvalue weighted by molar-refractivity contribution is 0.0510. The van der Waals surface area contributed by atoms with Crippen molar-refractivity contribution in [3.63, 3.8) is 0 Å². The van der Waals surface area contributed by atoms with Gasteiger partial charge in [-0.15, -0.1) is 0 Å². The maximum Gasteiger partial charge on any atom is 0.188 e. The highest BCUT2D eigenvalue weighted by molar-refractivity contribution is 6.32. The van der Waals surface area contributed by atoms with Gasteiger partial charge in [0.15, 0.2) is 12.6 Å². The molecule has 0 heterocycles. The molecule has 0 amide bonds. The third-order valence-corrected chi connectivity index (χ3v) is 2.26. The van der Waals surface area contributed by atoms with E-state index in [1.807, 2.05) is 0 Å². The number of benzene rings is 1. The Kier molecular flexibility index (Phi) is 4.58. The lowest BCUT2D eigenvalue weighted by Crippen LogP contribution is -2.02. The van der Waals surface area contributed by atoms with E-state index >= 15 is 0 Å². The number of carbonyl (C=O) groups is 1. The molecule has 1 rings (SSSR count). The molecule has 0 aliphatic heterocycles. The first kappa shape index (κ1) is 12.8. The summed E-state index contributed by atoms with van der Waals surface area (Å²) >= 11 is 5.95. The lowest BCUT2D eigenvalue weighted by atomic mass is 10.1. The van der Waals surface area contributed by atoms with Crippen LogP contribution in [-0.4, -0.2) is 26.8 Å². The van der Waals surface area contributed by atoms with Gasteiger partial charge in [0.1, 0.15) is 11.5 Å². The summed E-state index contributed by atoms with van der Waals surface area (Å²) in [6, 6.07) is 3.09. The van der Waals surface area contributed by atoms with Crippen LogP contribution >= 0.6 is 11.6 Å². The standard InChI is InChI=1S/C11H13ClO4/c1-7(13)8-4-9(12)11(16-6-14-2)5-10(8)15-3/h4-5H,6H2,1-3H3. The Morgan fingerprint density at radius 2 is 2.00 bits per heavy atom. The highest BCUT2D eigenvalue weighted by Crippen LogP contribution is 2.32. The van der Waals surface area contributed by atoms with Crippen LogP contribution in [0.1, 0.15) is 17.3 Å². The molecule has 5 heteroatoms. The molecule has 0 bridgehead atoms. The quantitative estimate of drug-likeness (QED) is 0.590. The predicted molar refractivity (Wildman–Crippen MR) is 60.5 cm³/mol. The minimum absolute atomic E-state index is 0.0856. The number of rotatable bonds is 5. The van der Waals surface area contributed by atoms with Gasteiger partial charge in [0.05, 0.1) is 17.7 Å². The Labute approximate surface area is 99.1 Å². The number of methoxy groups -OCH3 is 2. The number of ketones is 1. The second-order valence-corrected chi connectivity index (χ2v) is 3.50. The summed E-state index contributed by atoms with van der Waals surface area (Å²) in [6.45, 7) is 1.53. The summed E-state index contributed by atoms with van der Waals surface area (Å²) in [5.41, 5.74) is 0.428. The zero-order chi connectivity index (χ0) is 12.1. The molecule has 16 heavy (non-hydrogen) atoms. The Bertz CT molecular complexity index is 390. The minimum atomic E-state index is -0.114. The smallest absolute Gasteiger partial charge is 0.188 e. The third kappa shape index (κ3) is 2.87. The first-order valence-electron chi connectivity index (χ1n) is 4.60. The molecule has 0 aliphatic rings. The number of ether oxygens (including phenoxy) is 3.